The predicted octanol–water partition coefficient (Wildman–Crippen LogP) is 4.13. The van der Waals surface area contributed by atoms with Crippen LogP contribution in [-0.4, -0.2) is 16.2 Å². The highest BCUT2D eigenvalue weighted by atomic mass is 16.5. The van der Waals surface area contributed by atoms with Crippen molar-refractivity contribution in [3.63, 3.8) is 0 Å². The third kappa shape index (κ3) is 3.64. The quantitative estimate of drug-likeness (QED) is 0.651. The molecule has 1 aliphatic rings. The van der Waals surface area contributed by atoms with Crippen LogP contribution in [0.2, 0.25) is 0 Å². The zero-order chi connectivity index (χ0) is 17.8. The standard InChI is InChI=1S/C22H24N2O2/c25-22-19-16-18(26-15-7-10-17-8-3-1-4-9-17)12-13-20(19)23-21-11-5-2-6-14-24(21)22/h1,3-4,8-9,12-13,16H,2,5-7,10-11,14-15H2. The molecule has 2 aromatic carbocycles. The average Bonchev–Trinajstić information content (AvgIpc) is 2.92. The molecule has 0 spiro atoms. The second-order valence-corrected chi connectivity index (χ2v) is 6.91. The summed E-state index contributed by atoms with van der Waals surface area (Å²) in [6.07, 6.45) is 6.16. The van der Waals surface area contributed by atoms with E-state index in [9.17, 15) is 4.79 Å². The SMILES string of the molecule is O=c1c2cc(OCCCc3ccccc3)ccc2nc2n1CCCCC2. The van der Waals surface area contributed by atoms with E-state index in [0.717, 1.165) is 62.2 Å². The van der Waals surface area contributed by atoms with Crippen molar-refractivity contribution in [2.24, 2.45) is 0 Å². The van der Waals surface area contributed by atoms with E-state index in [0.29, 0.717) is 12.0 Å². The molecule has 1 aliphatic heterocycles. The van der Waals surface area contributed by atoms with Gasteiger partial charge in [0.2, 0.25) is 0 Å². The minimum Gasteiger partial charge on any atom is -0.494 e. The summed E-state index contributed by atoms with van der Waals surface area (Å²) in [4.78, 5) is 17.6. The van der Waals surface area contributed by atoms with E-state index < -0.39 is 0 Å². The fourth-order valence-corrected chi connectivity index (χ4v) is 3.60. The van der Waals surface area contributed by atoms with Crippen molar-refractivity contribution in [1.29, 1.82) is 0 Å². The first-order chi connectivity index (χ1) is 12.8. The summed E-state index contributed by atoms with van der Waals surface area (Å²) in [6.45, 7) is 1.42. The Bertz CT molecular complexity index is 948. The van der Waals surface area contributed by atoms with Gasteiger partial charge < -0.3 is 4.74 Å². The average molecular weight is 348 g/mol. The van der Waals surface area contributed by atoms with Gasteiger partial charge in [-0.25, -0.2) is 4.98 Å². The van der Waals surface area contributed by atoms with Crippen LogP contribution in [0.3, 0.4) is 0 Å². The maximum atomic E-state index is 12.9. The molecule has 0 atom stereocenters. The highest BCUT2D eigenvalue weighted by molar-refractivity contribution is 5.79. The molecule has 0 saturated carbocycles. The van der Waals surface area contributed by atoms with Crippen molar-refractivity contribution in [1.82, 2.24) is 9.55 Å². The number of benzene rings is 2. The largest absolute Gasteiger partial charge is 0.494 e. The van der Waals surface area contributed by atoms with Crippen molar-refractivity contribution in [3.05, 3.63) is 70.3 Å². The van der Waals surface area contributed by atoms with Crippen molar-refractivity contribution in [3.8, 4) is 5.75 Å². The second-order valence-electron chi connectivity index (χ2n) is 6.91. The summed E-state index contributed by atoms with van der Waals surface area (Å²) in [7, 11) is 0. The molecule has 0 amide bonds. The van der Waals surface area contributed by atoms with Gasteiger partial charge in [-0.2, -0.15) is 0 Å². The Labute approximate surface area is 153 Å². The van der Waals surface area contributed by atoms with Gasteiger partial charge >= 0.3 is 0 Å². The van der Waals surface area contributed by atoms with Gasteiger partial charge in [-0.15, -0.1) is 0 Å². The first kappa shape index (κ1) is 16.8. The van der Waals surface area contributed by atoms with Gasteiger partial charge in [0.25, 0.3) is 5.56 Å². The number of hydrogen-bond donors (Lipinski definition) is 0. The Morgan fingerprint density at radius 1 is 1.04 bits per heavy atom. The first-order valence-electron chi connectivity index (χ1n) is 9.51. The van der Waals surface area contributed by atoms with Crippen LogP contribution in [-0.2, 0) is 19.4 Å². The highest BCUT2D eigenvalue weighted by Crippen LogP contribution is 2.20. The van der Waals surface area contributed by atoms with Gasteiger partial charge in [0.1, 0.15) is 11.6 Å². The number of rotatable bonds is 5. The van der Waals surface area contributed by atoms with Crippen LogP contribution >= 0.6 is 0 Å². The molecule has 0 saturated heterocycles. The van der Waals surface area contributed by atoms with Crippen LogP contribution < -0.4 is 10.3 Å². The molecule has 2 heterocycles. The Hall–Kier alpha value is -2.62. The smallest absolute Gasteiger partial charge is 0.261 e. The van der Waals surface area contributed by atoms with E-state index in [4.69, 9.17) is 9.72 Å². The van der Waals surface area contributed by atoms with Gasteiger partial charge in [-0.05, 0) is 49.4 Å². The predicted molar refractivity (Wildman–Crippen MR) is 104 cm³/mol. The maximum Gasteiger partial charge on any atom is 0.261 e. The van der Waals surface area contributed by atoms with Gasteiger partial charge in [0.15, 0.2) is 0 Å². The van der Waals surface area contributed by atoms with Crippen molar-refractivity contribution in [2.45, 2.75) is 45.1 Å². The number of hydrogen-bond acceptors (Lipinski definition) is 3. The summed E-state index contributed by atoms with van der Waals surface area (Å²) in [5.41, 5.74) is 2.17. The molecular weight excluding hydrogens is 324 g/mol. The van der Waals surface area contributed by atoms with Crippen molar-refractivity contribution in [2.75, 3.05) is 6.61 Å². The molecule has 0 fully saturated rings. The molecule has 0 aliphatic carbocycles. The minimum atomic E-state index is 0.0710. The van der Waals surface area contributed by atoms with E-state index in [-0.39, 0.29) is 5.56 Å². The van der Waals surface area contributed by atoms with Crippen LogP contribution in [0.15, 0.2) is 53.3 Å². The Kier molecular flexibility index (Phi) is 5.00. The number of nitrogens with zero attached hydrogens (tertiary/aromatic N) is 2. The molecule has 4 heteroatoms. The zero-order valence-electron chi connectivity index (χ0n) is 15.0. The topological polar surface area (TPSA) is 44.1 Å². The van der Waals surface area contributed by atoms with Crippen molar-refractivity contribution >= 4 is 10.9 Å². The van der Waals surface area contributed by atoms with Crippen LogP contribution in [0.1, 0.15) is 37.1 Å². The summed E-state index contributed by atoms with van der Waals surface area (Å²) in [6, 6.07) is 16.1. The van der Waals surface area contributed by atoms with Crippen LogP contribution in [0, 0.1) is 0 Å². The fraction of sp³-hybridized carbons (Fsp3) is 0.364. The van der Waals surface area contributed by atoms with Gasteiger partial charge in [-0.3, -0.25) is 9.36 Å². The van der Waals surface area contributed by atoms with E-state index in [1.807, 2.05) is 28.8 Å². The molecule has 4 rings (SSSR count). The summed E-state index contributed by atoms with van der Waals surface area (Å²) >= 11 is 0. The first-order valence-corrected chi connectivity index (χ1v) is 9.51. The molecule has 4 nitrogen and oxygen atoms in total. The van der Waals surface area contributed by atoms with E-state index in [1.165, 1.54) is 5.56 Å². The normalized spacial score (nSPS) is 14.0. The Balaban J connectivity index is 1.48. The summed E-state index contributed by atoms with van der Waals surface area (Å²) in [5, 5.41) is 0.663. The number of ether oxygens (including phenoxy) is 1. The monoisotopic (exact) mass is 348 g/mol. The summed E-state index contributed by atoms with van der Waals surface area (Å²) in [5.74, 6) is 1.68. The molecule has 1 aromatic heterocycles. The lowest BCUT2D eigenvalue weighted by Gasteiger charge is -2.11. The molecule has 0 radical (unpaired) electrons. The third-order valence-electron chi connectivity index (χ3n) is 5.01. The van der Waals surface area contributed by atoms with Gasteiger partial charge in [0, 0.05) is 13.0 Å². The Morgan fingerprint density at radius 3 is 2.81 bits per heavy atom. The summed E-state index contributed by atoms with van der Waals surface area (Å²) < 4.78 is 7.74. The molecule has 26 heavy (non-hydrogen) atoms. The molecular formula is C22H24N2O2. The fourth-order valence-electron chi connectivity index (χ4n) is 3.60. The van der Waals surface area contributed by atoms with Gasteiger partial charge in [0.05, 0.1) is 17.5 Å². The van der Waals surface area contributed by atoms with E-state index in [2.05, 4.69) is 24.3 Å². The highest BCUT2D eigenvalue weighted by Gasteiger charge is 2.14. The lowest BCUT2D eigenvalue weighted by atomic mass is 10.1. The number of fused-ring (bicyclic) bond motifs is 2. The molecule has 3 aromatic rings. The molecule has 0 bridgehead atoms. The van der Waals surface area contributed by atoms with Crippen LogP contribution in [0.25, 0.3) is 10.9 Å². The van der Waals surface area contributed by atoms with Crippen molar-refractivity contribution < 1.29 is 4.74 Å². The molecule has 134 valence electrons. The lowest BCUT2D eigenvalue weighted by molar-refractivity contribution is 0.311. The van der Waals surface area contributed by atoms with Gasteiger partial charge in [-0.1, -0.05) is 36.8 Å². The number of aromatic nitrogens is 2. The third-order valence-corrected chi connectivity index (χ3v) is 5.01. The maximum absolute atomic E-state index is 12.9. The lowest BCUT2D eigenvalue weighted by Crippen LogP contribution is -2.24. The minimum absolute atomic E-state index is 0.0710. The molecule has 0 N–H and O–H groups in total. The Morgan fingerprint density at radius 2 is 1.92 bits per heavy atom. The van der Waals surface area contributed by atoms with E-state index >= 15 is 0 Å². The second kappa shape index (κ2) is 7.73. The molecule has 0 unspecified atom stereocenters. The van der Waals surface area contributed by atoms with Crippen LogP contribution in [0.4, 0.5) is 0 Å². The van der Waals surface area contributed by atoms with Crippen LogP contribution in [0.5, 0.6) is 5.75 Å². The number of aryl methyl sites for hydroxylation is 2. The zero-order valence-corrected chi connectivity index (χ0v) is 15.0. The van der Waals surface area contributed by atoms with E-state index in [1.54, 1.807) is 0 Å².